The lowest BCUT2D eigenvalue weighted by molar-refractivity contribution is -0.125. The van der Waals surface area contributed by atoms with Crippen molar-refractivity contribution in [2.45, 2.75) is 12.5 Å². The van der Waals surface area contributed by atoms with Crippen molar-refractivity contribution in [3.63, 3.8) is 0 Å². The van der Waals surface area contributed by atoms with Gasteiger partial charge in [0.15, 0.2) is 0 Å². The van der Waals surface area contributed by atoms with E-state index in [1.165, 1.54) is 12.1 Å². The molecule has 0 spiro atoms. The monoisotopic (exact) mass is 300 g/mol. The average Bonchev–Trinajstić information content (AvgIpc) is 2.50. The quantitative estimate of drug-likeness (QED) is 0.889. The fraction of sp³-hybridized carbons (Fsp3) is 0.278. The third-order valence-electron chi connectivity index (χ3n) is 3.51. The first kappa shape index (κ1) is 16.2. The number of rotatable bonds is 6. The molecule has 0 aliphatic carbocycles. The van der Waals surface area contributed by atoms with Gasteiger partial charge in [0.2, 0.25) is 5.91 Å². The smallest absolute Gasteiger partial charge is 0.241 e. The summed E-state index contributed by atoms with van der Waals surface area (Å²) in [6, 6.07) is 15.7. The van der Waals surface area contributed by atoms with Crippen LogP contribution in [-0.2, 0) is 11.2 Å². The van der Waals surface area contributed by atoms with E-state index < -0.39 is 0 Å². The van der Waals surface area contributed by atoms with Gasteiger partial charge in [-0.3, -0.25) is 9.69 Å². The number of hydrogen-bond acceptors (Lipinski definition) is 2. The summed E-state index contributed by atoms with van der Waals surface area (Å²) in [5, 5.41) is 2.95. The maximum atomic E-state index is 12.8. The summed E-state index contributed by atoms with van der Waals surface area (Å²) in [7, 11) is 3.77. The molecule has 116 valence electrons. The first-order valence-electron chi connectivity index (χ1n) is 7.31. The van der Waals surface area contributed by atoms with Crippen molar-refractivity contribution in [1.29, 1.82) is 0 Å². The van der Waals surface area contributed by atoms with Crippen LogP contribution >= 0.6 is 0 Å². The molecule has 4 heteroatoms. The highest BCUT2D eigenvalue weighted by Crippen LogP contribution is 2.17. The summed E-state index contributed by atoms with van der Waals surface area (Å²) in [5.74, 6) is -0.275. The van der Waals surface area contributed by atoms with Crippen molar-refractivity contribution in [2.24, 2.45) is 0 Å². The normalized spacial score (nSPS) is 12.2. The van der Waals surface area contributed by atoms with Gasteiger partial charge in [-0.2, -0.15) is 0 Å². The Labute approximate surface area is 130 Å². The van der Waals surface area contributed by atoms with E-state index in [9.17, 15) is 9.18 Å². The molecule has 0 aliphatic heterocycles. The van der Waals surface area contributed by atoms with Gasteiger partial charge in [-0.1, -0.05) is 42.5 Å². The maximum Gasteiger partial charge on any atom is 0.241 e. The molecule has 22 heavy (non-hydrogen) atoms. The number of carbonyl (C=O) groups is 1. The first-order chi connectivity index (χ1) is 10.6. The minimum absolute atomic E-state index is 0.0293. The van der Waals surface area contributed by atoms with Crippen molar-refractivity contribution in [3.05, 3.63) is 71.5 Å². The highest BCUT2D eigenvalue weighted by Gasteiger charge is 2.21. The van der Waals surface area contributed by atoms with Crippen LogP contribution in [0.2, 0.25) is 0 Å². The number of benzene rings is 2. The molecule has 0 saturated carbocycles. The second kappa shape index (κ2) is 7.71. The second-order valence-electron chi connectivity index (χ2n) is 5.44. The van der Waals surface area contributed by atoms with Crippen LogP contribution in [0.4, 0.5) is 4.39 Å². The molecule has 2 aromatic carbocycles. The van der Waals surface area contributed by atoms with Crippen LogP contribution in [0, 0.1) is 5.82 Å². The third-order valence-corrected chi connectivity index (χ3v) is 3.51. The summed E-state index contributed by atoms with van der Waals surface area (Å²) < 4.78 is 12.8. The summed E-state index contributed by atoms with van der Waals surface area (Å²) in [6.45, 7) is 0.529. The summed E-state index contributed by atoms with van der Waals surface area (Å²) in [5.41, 5.74) is 1.97. The molecule has 3 nitrogen and oxygen atoms in total. The van der Waals surface area contributed by atoms with Gasteiger partial charge in [-0.05, 0) is 43.8 Å². The lowest BCUT2D eigenvalue weighted by Gasteiger charge is -2.23. The molecular weight excluding hydrogens is 279 g/mol. The van der Waals surface area contributed by atoms with E-state index in [-0.39, 0.29) is 17.8 Å². The van der Waals surface area contributed by atoms with Gasteiger partial charge in [0.05, 0.1) is 0 Å². The molecule has 1 N–H and O–H groups in total. The SMILES string of the molecule is CN(C)[C@@H](C(=O)NCCc1ccc(F)cc1)c1ccccc1. The van der Waals surface area contributed by atoms with Crippen LogP contribution in [-0.4, -0.2) is 31.4 Å². The van der Waals surface area contributed by atoms with E-state index >= 15 is 0 Å². The fourth-order valence-electron chi connectivity index (χ4n) is 2.40. The van der Waals surface area contributed by atoms with Gasteiger partial charge in [0, 0.05) is 6.54 Å². The van der Waals surface area contributed by atoms with E-state index in [4.69, 9.17) is 0 Å². The molecule has 0 fully saturated rings. The van der Waals surface area contributed by atoms with Crippen LogP contribution in [0.1, 0.15) is 17.2 Å². The number of nitrogens with one attached hydrogen (secondary N) is 1. The fourth-order valence-corrected chi connectivity index (χ4v) is 2.40. The number of halogens is 1. The third kappa shape index (κ3) is 4.40. The molecule has 0 radical (unpaired) electrons. The Bertz CT molecular complexity index is 596. The van der Waals surface area contributed by atoms with Crippen molar-refractivity contribution in [2.75, 3.05) is 20.6 Å². The van der Waals surface area contributed by atoms with Crippen molar-refractivity contribution >= 4 is 5.91 Å². The van der Waals surface area contributed by atoms with Crippen molar-refractivity contribution in [3.8, 4) is 0 Å². The van der Waals surface area contributed by atoms with E-state index in [1.807, 2.05) is 49.3 Å². The van der Waals surface area contributed by atoms with Crippen LogP contribution < -0.4 is 5.32 Å². The number of hydrogen-bond donors (Lipinski definition) is 1. The van der Waals surface area contributed by atoms with Gasteiger partial charge < -0.3 is 5.32 Å². The van der Waals surface area contributed by atoms with Crippen LogP contribution in [0.5, 0.6) is 0 Å². The van der Waals surface area contributed by atoms with Gasteiger partial charge in [-0.15, -0.1) is 0 Å². The predicted octanol–water partition coefficient (Wildman–Crippen LogP) is 2.79. The van der Waals surface area contributed by atoms with Crippen LogP contribution in [0.15, 0.2) is 54.6 Å². The number of nitrogens with zero attached hydrogens (tertiary/aromatic N) is 1. The lowest BCUT2D eigenvalue weighted by atomic mass is 10.1. The molecule has 0 unspecified atom stereocenters. The molecule has 0 aromatic heterocycles. The van der Waals surface area contributed by atoms with Crippen LogP contribution in [0.3, 0.4) is 0 Å². The largest absolute Gasteiger partial charge is 0.354 e. The number of amides is 1. The molecule has 0 aliphatic rings. The Morgan fingerprint density at radius 2 is 1.73 bits per heavy atom. The Hall–Kier alpha value is -2.20. The Morgan fingerprint density at radius 3 is 2.32 bits per heavy atom. The van der Waals surface area contributed by atoms with Gasteiger partial charge >= 0.3 is 0 Å². The Balaban J connectivity index is 1.93. The molecule has 1 atom stereocenters. The zero-order valence-corrected chi connectivity index (χ0v) is 12.9. The standard InChI is InChI=1S/C18H21FN2O/c1-21(2)17(15-6-4-3-5-7-15)18(22)20-13-12-14-8-10-16(19)11-9-14/h3-11,17H,12-13H2,1-2H3,(H,20,22)/t17-/m1/s1. The summed E-state index contributed by atoms with van der Waals surface area (Å²) in [4.78, 5) is 14.3. The van der Waals surface area contributed by atoms with Crippen molar-refractivity contribution in [1.82, 2.24) is 10.2 Å². The lowest BCUT2D eigenvalue weighted by Crippen LogP contribution is -2.37. The molecule has 0 heterocycles. The minimum atomic E-state index is -0.311. The molecule has 1 amide bonds. The maximum absolute atomic E-state index is 12.8. The number of carbonyl (C=O) groups excluding carboxylic acids is 1. The molecule has 2 rings (SSSR count). The number of likely N-dealkylation sites (N-methyl/N-ethyl adjacent to an activating group) is 1. The Kier molecular flexibility index (Phi) is 5.67. The highest BCUT2D eigenvalue weighted by atomic mass is 19.1. The van der Waals surface area contributed by atoms with Gasteiger partial charge in [0.1, 0.15) is 11.9 Å². The van der Waals surface area contributed by atoms with E-state index in [1.54, 1.807) is 12.1 Å². The first-order valence-corrected chi connectivity index (χ1v) is 7.31. The zero-order valence-electron chi connectivity index (χ0n) is 12.9. The molecule has 2 aromatic rings. The zero-order chi connectivity index (χ0) is 15.9. The molecule has 0 bridgehead atoms. The predicted molar refractivity (Wildman–Crippen MR) is 86.0 cm³/mol. The average molecular weight is 300 g/mol. The summed E-state index contributed by atoms with van der Waals surface area (Å²) in [6.07, 6.45) is 0.682. The van der Waals surface area contributed by atoms with E-state index in [2.05, 4.69) is 5.32 Å². The summed E-state index contributed by atoms with van der Waals surface area (Å²) >= 11 is 0. The second-order valence-corrected chi connectivity index (χ2v) is 5.44. The molecular formula is C18H21FN2O. The Morgan fingerprint density at radius 1 is 1.09 bits per heavy atom. The topological polar surface area (TPSA) is 32.3 Å². The van der Waals surface area contributed by atoms with Gasteiger partial charge in [-0.25, -0.2) is 4.39 Å². The van der Waals surface area contributed by atoms with Crippen LogP contribution in [0.25, 0.3) is 0 Å². The van der Waals surface area contributed by atoms with E-state index in [0.717, 1.165) is 11.1 Å². The minimum Gasteiger partial charge on any atom is -0.354 e. The highest BCUT2D eigenvalue weighted by molar-refractivity contribution is 5.83. The van der Waals surface area contributed by atoms with Crippen molar-refractivity contribution < 1.29 is 9.18 Å². The van der Waals surface area contributed by atoms with Gasteiger partial charge in [0.25, 0.3) is 0 Å². The molecule has 0 saturated heterocycles. The van der Waals surface area contributed by atoms with E-state index in [0.29, 0.717) is 13.0 Å².